The van der Waals surface area contributed by atoms with Crippen LogP contribution in [0.2, 0.25) is 0 Å². The molecule has 338 valence electrons. The van der Waals surface area contributed by atoms with Crippen molar-refractivity contribution < 1.29 is 32.9 Å². The third-order valence-electron chi connectivity index (χ3n) is 10.9. The van der Waals surface area contributed by atoms with Crippen LogP contribution < -0.4 is 10.2 Å². The lowest BCUT2D eigenvalue weighted by Crippen LogP contribution is -2.45. The number of phosphoric ester groups is 1. The predicted octanol–water partition coefficient (Wildman–Crippen LogP) is 13.1. The van der Waals surface area contributed by atoms with Crippen LogP contribution in [0.15, 0.2) is 24.3 Å². The number of nitrogens with zero attached hydrogens (tertiary/aromatic N) is 1. The fraction of sp³-hybridized carbons (Fsp3) is 0.896. The normalized spacial score (nSPS) is 14.4. The molecule has 57 heavy (non-hydrogen) atoms. The molecule has 0 aliphatic carbocycles. The molecule has 0 saturated carbocycles. The molecule has 0 aromatic heterocycles. The lowest BCUT2D eigenvalue weighted by Gasteiger charge is -2.29. The second-order valence-corrected chi connectivity index (χ2v) is 19.2. The van der Waals surface area contributed by atoms with Gasteiger partial charge in [-0.25, -0.2) is 0 Å². The lowest BCUT2D eigenvalue weighted by molar-refractivity contribution is -0.870. The van der Waals surface area contributed by atoms with Crippen molar-refractivity contribution in [1.82, 2.24) is 5.32 Å². The summed E-state index contributed by atoms with van der Waals surface area (Å²) >= 11 is 0. The minimum absolute atomic E-state index is 0.00556. The summed E-state index contributed by atoms with van der Waals surface area (Å²) in [5, 5.41) is 13.6. The van der Waals surface area contributed by atoms with Crippen molar-refractivity contribution in [2.45, 2.75) is 238 Å². The van der Waals surface area contributed by atoms with Crippen LogP contribution in [0.3, 0.4) is 0 Å². The van der Waals surface area contributed by atoms with Crippen molar-refractivity contribution in [3.63, 3.8) is 0 Å². The number of likely N-dealkylation sites (N-methyl/N-ethyl adjacent to an activating group) is 1. The zero-order valence-electron chi connectivity index (χ0n) is 38.3. The van der Waals surface area contributed by atoms with Crippen LogP contribution >= 0.6 is 7.82 Å². The van der Waals surface area contributed by atoms with Crippen molar-refractivity contribution >= 4 is 13.7 Å². The molecule has 3 unspecified atom stereocenters. The topological polar surface area (TPSA) is 108 Å². The number of allylic oxidation sites excluding steroid dienone is 3. The van der Waals surface area contributed by atoms with Crippen LogP contribution in [0.25, 0.3) is 0 Å². The molecule has 0 rings (SSSR count). The molecule has 0 spiro atoms. The summed E-state index contributed by atoms with van der Waals surface area (Å²) < 4.78 is 23.0. The second kappa shape index (κ2) is 40.4. The van der Waals surface area contributed by atoms with Crippen molar-refractivity contribution in [3.05, 3.63) is 24.3 Å². The maximum absolute atomic E-state index is 12.6. The molecule has 0 fully saturated rings. The van der Waals surface area contributed by atoms with Gasteiger partial charge < -0.3 is 28.8 Å². The fourth-order valence-electron chi connectivity index (χ4n) is 7.05. The Morgan fingerprint density at radius 3 is 1.42 bits per heavy atom. The third-order valence-corrected chi connectivity index (χ3v) is 11.9. The van der Waals surface area contributed by atoms with E-state index in [1.807, 2.05) is 27.2 Å². The predicted molar refractivity (Wildman–Crippen MR) is 242 cm³/mol. The SMILES string of the molecule is CCCCCCCCCCCCCCCCCCCCCCCCCCC/C=C/CC/C=C/C(O)C(COP(=O)([O-])OCC[N+](C)(C)C)NC(=O)CCCCCC. The molecule has 0 aromatic carbocycles. The van der Waals surface area contributed by atoms with Gasteiger partial charge in [0.15, 0.2) is 0 Å². The molecule has 3 atom stereocenters. The molecule has 2 N–H and O–H groups in total. The van der Waals surface area contributed by atoms with E-state index in [4.69, 9.17) is 9.05 Å². The van der Waals surface area contributed by atoms with Gasteiger partial charge in [0.25, 0.3) is 7.82 Å². The second-order valence-electron chi connectivity index (χ2n) is 17.8. The number of carbonyl (C=O) groups is 1. The summed E-state index contributed by atoms with van der Waals surface area (Å²) in [4.78, 5) is 24.9. The Hall–Kier alpha value is -1.02. The summed E-state index contributed by atoms with van der Waals surface area (Å²) in [6, 6.07) is -0.895. The van der Waals surface area contributed by atoms with E-state index >= 15 is 0 Å². The third kappa shape index (κ3) is 42.9. The van der Waals surface area contributed by atoms with E-state index in [-0.39, 0.29) is 12.5 Å². The summed E-state index contributed by atoms with van der Waals surface area (Å²) in [7, 11) is 1.24. The molecule has 9 heteroatoms. The van der Waals surface area contributed by atoms with Crippen LogP contribution in [0, 0.1) is 0 Å². The molecule has 0 aliphatic rings. The quantitative estimate of drug-likeness (QED) is 0.0274. The monoisotopic (exact) mass is 827 g/mol. The minimum atomic E-state index is -4.58. The number of rotatable bonds is 44. The summed E-state index contributed by atoms with van der Waals surface area (Å²) in [5.74, 6) is -0.224. The summed E-state index contributed by atoms with van der Waals surface area (Å²) in [6.45, 7) is 4.50. The highest BCUT2D eigenvalue weighted by molar-refractivity contribution is 7.45. The van der Waals surface area contributed by atoms with E-state index < -0.39 is 26.6 Å². The van der Waals surface area contributed by atoms with Gasteiger partial charge in [-0.3, -0.25) is 9.36 Å². The first kappa shape index (κ1) is 56.0. The van der Waals surface area contributed by atoms with Gasteiger partial charge in [-0.2, -0.15) is 0 Å². The molecule has 0 heterocycles. The van der Waals surface area contributed by atoms with Crippen molar-refractivity contribution in [3.8, 4) is 0 Å². The van der Waals surface area contributed by atoms with Crippen LogP contribution in [0.5, 0.6) is 0 Å². The number of quaternary nitrogens is 1. The van der Waals surface area contributed by atoms with E-state index in [0.717, 1.165) is 44.9 Å². The van der Waals surface area contributed by atoms with Crippen molar-refractivity contribution in [1.29, 1.82) is 0 Å². The van der Waals surface area contributed by atoms with Crippen LogP contribution in [-0.4, -0.2) is 68.5 Å². The van der Waals surface area contributed by atoms with Crippen LogP contribution in [0.1, 0.15) is 226 Å². The Morgan fingerprint density at radius 1 is 0.596 bits per heavy atom. The average molecular weight is 827 g/mol. The smallest absolute Gasteiger partial charge is 0.268 e. The van der Waals surface area contributed by atoms with Crippen molar-refractivity contribution in [2.75, 3.05) is 40.9 Å². The molecule has 0 bridgehead atoms. The van der Waals surface area contributed by atoms with E-state index in [1.165, 1.54) is 161 Å². The lowest BCUT2D eigenvalue weighted by atomic mass is 10.0. The molecule has 0 aromatic rings. The fourth-order valence-corrected chi connectivity index (χ4v) is 7.77. The van der Waals surface area contributed by atoms with E-state index in [2.05, 4.69) is 31.3 Å². The number of aliphatic hydroxyl groups excluding tert-OH is 1. The Labute approximate surface area is 354 Å². The van der Waals surface area contributed by atoms with Gasteiger partial charge in [0.05, 0.1) is 39.9 Å². The Kier molecular flexibility index (Phi) is 39.7. The largest absolute Gasteiger partial charge is 0.756 e. The van der Waals surface area contributed by atoms with Gasteiger partial charge in [-0.1, -0.05) is 212 Å². The Morgan fingerprint density at radius 2 is 0.982 bits per heavy atom. The van der Waals surface area contributed by atoms with E-state index in [9.17, 15) is 19.4 Å². The zero-order chi connectivity index (χ0) is 42.1. The molecule has 0 aliphatic heterocycles. The number of hydrogen-bond acceptors (Lipinski definition) is 6. The number of carbonyl (C=O) groups excluding carboxylic acids is 1. The van der Waals surface area contributed by atoms with Gasteiger partial charge in [0, 0.05) is 6.42 Å². The number of nitrogens with one attached hydrogen (secondary N) is 1. The average Bonchev–Trinajstić information content (AvgIpc) is 3.16. The number of phosphoric acid groups is 1. The molecular weight excluding hydrogens is 732 g/mol. The molecule has 0 saturated heterocycles. The Bertz CT molecular complexity index is 984. The molecule has 1 amide bonds. The highest BCUT2D eigenvalue weighted by Crippen LogP contribution is 2.38. The van der Waals surface area contributed by atoms with Gasteiger partial charge >= 0.3 is 0 Å². The number of amides is 1. The number of hydrogen-bond donors (Lipinski definition) is 2. The Balaban J connectivity index is 3.90. The van der Waals surface area contributed by atoms with Crippen LogP contribution in [-0.2, 0) is 18.4 Å². The van der Waals surface area contributed by atoms with Crippen LogP contribution in [0.4, 0.5) is 0 Å². The summed E-state index contributed by atoms with van der Waals surface area (Å²) in [5.41, 5.74) is 0. The first-order valence-corrected chi connectivity index (χ1v) is 25.7. The van der Waals surface area contributed by atoms with E-state index in [0.29, 0.717) is 17.4 Å². The molecule has 8 nitrogen and oxygen atoms in total. The van der Waals surface area contributed by atoms with E-state index in [1.54, 1.807) is 6.08 Å². The van der Waals surface area contributed by atoms with Gasteiger partial charge in [0.2, 0.25) is 5.91 Å². The maximum Gasteiger partial charge on any atom is 0.268 e. The number of unbranched alkanes of at least 4 members (excludes halogenated alkanes) is 29. The first-order valence-electron chi connectivity index (χ1n) is 24.2. The highest BCUT2D eigenvalue weighted by atomic mass is 31.2. The van der Waals surface area contributed by atoms with Gasteiger partial charge in [-0.15, -0.1) is 0 Å². The van der Waals surface area contributed by atoms with Gasteiger partial charge in [-0.05, 0) is 32.1 Å². The molecular formula is C48H95N2O6P. The zero-order valence-corrected chi connectivity index (χ0v) is 39.2. The highest BCUT2D eigenvalue weighted by Gasteiger charge is 2.23. The maximum atomic E-state index is 12.6. The molecule has 0 radical (unpaired) electrons. The summed E-state index contributed by atoms with van der Waals surface area (Å²) in [6.07, 6.45) is 49.1. The first-order chi connectivity index (χ1) is 27.5. The number of aliphatic hydroxyl groups is 1. The van der Waals surface area contributed by atoms with Gasteiger partial charge in [0.1, 0.15) is 13.2 Å². The minimum Gasteiger partial charge on any atom is -0.756 e. The van der Waals surface area contributed by atoms with Crippen molar-refractivity contribution in [2.24, 2.45) is 0 Å². The standard InChI is InChI=1S/C48H95N2O6P/c1-6-8-10-12-13-14-15-16-17-18-19-20-21-22-23-24-25-26-27-28-29-30-31-32-33-34-35-36-37-38-39-41-47(51)46(49-48(52)42-40-11-9-7-2)45-56-57(53,54)55-44-43-50(3,4)5/h35-36,39,41,46-47,51H,6-34,37-38,40,42-45H2,1-5H3,(H-,49,52,53,54)/b36-35+,41-39+.